The van der Waals surface area contributed by atoms with Crippen molar-refractivity contribution in [2.45, 2.75) is 33.0 Å². The number of nitrogens with zero attached hydrogens (tertiary/aromatic N) is 2. The molecule has 20 heavy (non-hydrogen) atoms. The van der Waals surface area contributed by atoms with Gasteiger partial charge in [0.2, 0.25) is 6.79 Å². The summed E-state index contributed by atoms with van der Waals surface area (Å²) in [4.78, 5) is 4.38. The van der Waals surface area contributed by atoms with Crippen molar-refractivity contribution in [3.8, 4) is 11.5 Å². The van der Waals surface area contributed by atoms with Crippen molar-refractivity contribution < 1.29 is 9.47 Å². The molecule has 2 heterocycles. The fourth-order valence-electron chi connectivity index (χ4n) is 2.39. The van der Waals surface area contributed by atoms with Crippen LogP contribution < -0.4 is 14.8 Å². The first-order chi connectivity index (χ1) is 9.88. The first-order valence-corrected chi connectivity index (χ1v) is 6.96. The first-order valence-electron chi connectivity index (χ1n) is 6.96. The normalized spacial score (nSPS) is 12.8. The van der Waals surface area contributed by atoms with Crippen LogP contribution in [0.15, 0.2) is 30.6 Å². The fourth-order valence-corrected chi connectivity index (χ4v) is 2.39. The third kappa shape index (κ3) is 2.63. The summed E-state index contributed by atoms with van der Waals surface area (Å²) in [5.74, 6) is 2.75. The zero-order valence-electron chi connectivity index (χ0n) is 11.6. The van der Waals surface area contributed by atoms with Gasteiger partial charge in [0.05, 0.1) is 6.54 Å². The summed E-state index contributed by atoms with van der Waals surface area (Å²) in [5.41, 5.74) is 1.12. The molecule has 0 spiro atoms. The van der Waals surface area contributed by atoms with E-state index in [1.54, 1.807) is 0 Å². The number of benzene rings is 1. The van der Waals surface area contributed by atoms with Gasteiger partial charge in [-0.15, -0.1) is 0 Å². The van der Waals surface area contributed by atoms with Crippen molar-refractivity contribution in [3.05, 3.63) is 42.0 Å². The van der Waals surface area contributed by atoms with Gasteiger partial charge in [-0.1, -0.05) is 19.1 Å². The molecule has 1 aromatic heterocycles. The summed E-state index contributed by atoms with van der Waals surface area (Å²) >= 11 is 0. The third-order valence-electron chi connectivity index (χ3n) is 3.34. The number of aryl methyl sites for hydroxylation is 1. The molecular weight excluding hydrogens is 254 g/mol. The summed E-state index contributed by atoms with van der Waals surface area (Å²) in [6.07, 6.45) is 4.99. The lowest BCUT2D eigenvalue weighted by Crippen LogP contribution is -2.17. The van der Waals surface area contributed by atoms with Crippen LogP contribution in [0, 0.1) is 0 Å². The molecule has 1 aliphatic heterocycles. The minimum absolute atomic E-state index is 0.313. The van der Waals surface area contributed by atoms with Gasteiger partial charge in [-0.25, -0.2) is 4.98 Å². The monoisotopic (exact) mass is 273 g/mol. The van der Waals surface area contributed by atoms with Crippen LogP contribution in [-0.4, -0.2) is 16.3 Å². The van der Waals surface area contributed by atoms with E-state index in [1.165, 1.54) is 0 Å². The zero-order valence-corrected chi connectivity index (χ0v) is 11.6. The molecule has 0 saturated carbocycles. The van der Waals surface area contributed by atoms with Gasteiger partial charge in [-0.05, 0) is 12.5 Å². The first kappa shape index (κ1) is 13.0. The van der Waals surface area contributed by atoms with Crippen LogP contribution in [0.5, 0.6) is 11.5 Å². The topological polar surface area (TPSA) is 48.3 Å². The van der Waals surface area contributed by atoms with Crippen molar-refractivity contribution in [2.75, 3.05) is 6.79 Å². The molecule has 106 valence electrons. The highest BCUT2D eigenvalue weighted by Crippen LogP contribution is 2.35. The van der Waals surface area contributed by atoms with E-state index >= 15 is 0 Å². The molecule has 5 heteroatoms. The predicted molar refractivity (Wildman–Crippen MR) is 75.6 cm³/mol. The molecule has 0 radical (unpaired) electrons. The second-order valence-corrected chi connectivity index (χ2v) is 4.79. The minimum atomic E-state index is 0.313. The van der Waals surface area contributed by atoms with Crippen LogP contribution in [0.1, 0.15) is 24.7 Å². The van der Waals surface area contributed by atoms with Gasteiger partial charge < -0.3 is 19.4 Å². The van der Waals surface area contributed by atoms with Crippen LogP contribution in [0.3, 0.4) is 0 Å². The lowest BCUT2D eigenvalue weighted by Gasteiger charge is -2.09. The Kier molecular flexibility index (Phi) is 3.87. The van der Waals surface area contributed by atoms with Crippen LogP contribution in [0.25, 0.3) is 0 Å². The van der Waals surface area contributed by atoms with Gasteiger partial charge in [-0.2, -0.15) is 0 Å². The molecule has 0 amide bonds. The van der Waals surface area contributed by atoms with Gasteiger partial charge in [-0.3, -0.25) is 0 Å². The predicted octanol–water partition coefficient (Wildman–Crippen LogP) is 2.31. The lowest BCUT2D eigenvalue weighted by atomic mass is 10.2. The Hall–Kier alpha value is -2.01. The standard InChI is InChI=1S/C15H19N3O2/c1-2-7-18-8-6-17-14(18)10-16-9-12-4-3-5-13-15(12)20-11-19-13/h3-6,8,16H,2,7,9-11H2,1H3. The molecule has 2 aromatic rings. The molecule has 1 aromatic carbocycles. The highest BCUT2D eigenvalue weighted by Gasteiger charge is 2.16. The lowest BCUT2D eigenvalue weighted by molar-refractivity contribution is 0.173. The van der Waals surface area contributed by atoms with Gasteiger partial charge in [0.25, 0.3) is 0 Å². The quantitative estimate of drug-likeness (QED) is 0.877. The number of hydrogen-bond acceptors (Lipinski definition) is 4. The summed E-state index contributed by atoms with van der Waals surface area (Å²) in [6, 6.07) is 5.97. The average Bonchev–Trinajstić information content (AvgIpc) is 3.09. The Morgan fingerprint density at radius 2 is 2.25 bits per heavy atom. The van der Waals surface area contributed by atoms with Crippen LogP contribution in [0.4, 0.5) is 0 Å². The fraction of sp³-hybridized carbons (Fsp3) is 0.400. The van der Waals surface area contributed by atoms with Crippen molar-refractivity contribution >= 4 is 0 Å². The summed E-state index contributed by atoms with van der Waals surface area (Å²) in [7, 11) is 0. The molecule has 1 aliphatic rings. The van der Waals surface area contributed by atoms with Crippen LogP contribution in [-0.2, 0) is 19.6 Å². The number of fused-ring (bicyclic) bond motifs is 1. The molecule has 5 nitrogen and oxygen atoms in total. The van der Waals surface area contributed by atoms with E-state index in [9.17, 15) is 0 Å². The van der Waals surface area contributed by atoms with E-state index in [4.69, 9.17) is 9.47 Å². The Balaban J connectivity index is 1.60. The largest absolute Gasteiger partial charge is 0.454 e. The summed E-state index contributed by atoms with van der Waals surface area (Å²) in [5, 5.41) is 3.41. The molecule has 0 atom stereocenters. The highest BCUT2D eigenvalue weighted by molar-refractivity contribution is 5.48. The van der Waals surface area contributed by atoms with E-state index in [-0.39, 0.29) is 0 Å². The Morgan fingerprint density at radius 3 is 3.15 bits per heavy atom. The van der Waals surface area contributed by atoms with E-state index in [2.05, 4.69) is 27.9 Å². The van der Waals surface area contributed by atoms with E-state index in [1.807, 2.05) is 24.5 Å². The number of hydrogen-bond donors (Lipinski definition) is 1. The van der Waals surface area contributed by atoms with E-state index in [0.717, 1.165) is 48.9 Å². The number of ether oxygens (including phenoxy) is 2. The molecule has 0 saturated heterocycles. The van der Waals surface area contributed by atoms with Gasteiger partial charge in [0, 0.05) is 31.0 Å². The highest BCUT2D eigenvalue weighted by atomic mass is 16.7. The summed E-state index contributed by atoms with van der Waals surface area (Å²) in [6.45, 7) is 4.98. The molecule has 1 N–H and O–H groups in total. The van der Waals surface area contributed by atoms with Crippen molar-refractivity contribution in [2.24, 2.45) is 0 Å². The second-order valence-electron chi connectivity index (χ2n) is 4.79. The maximum Gasteiger partial charge on any atom is 0.231 e. The maximum atomic E-state index is 5.50. The molecule has 0 bridgehead atoms. The summed E-state index contributed by atoms with van der Waals surface area (Å²) < 4.78 is 13.1. The minimum Gasteiger partial charge on any atom is -0.454 e. The zero-order chi connectivity index (χ0) is 13.8. The third-order valence-corrected chi connectivity index (χ3v) is 3.34. The number of aromatic nitrogens is 2. The smallest absolute Gasteiger partial charge is 0.231 e. The number of nitrogens with one attached hydrogen (secondary N) is 1. The molecular formula is C15H19N3O2. The van der Waals surface area contributed by atoms with Crippen molar-refractivity contribution in [1.29, 1.82) is 0 Å². The molecule has 0 fully saturated rings. The number of rotatable bonds is 6. The molecule has 3 rings (SSSR count). The van der Waals surface area contributed by atoms with Crippen LogP contribution >= 0.6 is 0 Å². The Morgan fingerprint density at radius 1 is 1.30 bits per heavy atom. The van der Waals surface area contributed by atoms with Gasteiger partial charge in [0.1, 0.15) is 5.82 Å². The Bertz CT molecular complexity index is 580. The van der Waals surface area contributed by atoms with E-state index < -0.39 is 0 Å². The van der Waals surface area contributed by atoms with Crippen molar-refractivity contribution in [3.63, 3.8) is 0 Å². The number of para-hydroxylation sites is 1. The van der Waals surface area contributed by atoms with Crippen molar-refractivity contribution in [1.82, 2.24) is 14.9 Å². The second kappa shape index (κ2) is 5.96. The molecule has 0 unspecified atom stereocenters. The van der Waals surface area contributed by atoms with Crippen LogP contribution in [0.2, 0.25) is 0 Å². The van der Waals surface area contributed by atoms with Gasteiger partial charge in [0.15, 0.2) is 11.5 Å². The van der Waals surface area contributed by atoms with Gasteiger partial charge >= 0.3 is 0 Å². The Labute approximate surface area is 118 Å². The van der Waals surface area contributed by atoms with E-state index in [0.29, 0.717) is 6.79 Å². The number of imidazole rings is 1. The molecule has 0 aliphatic carbocycles. The average molecular weight is 273 g/mol. The maximum absolute atomic E-state index is 5.50. The SMILES string of the molecule is CCCn1ccnc1CNCc1cccc2c1OCO2.